The molecule has 0 aliphatic rings. The molecule has 1 heterocycles. The second-order valence-electron chi connectivity index (χ2n) is 3.00. The lowest BCUT2D eigenvalue weighted by atomic mass is 10.2. The summed E-state index contributed by atoms with van der Waals surface area (Å²) in [5, 5.41) is 4.18. The summed E-state index contributed by atoms with van der Waals surface area (Å²) in [6.07, 6.45) is 6.01. The van der Waals surface area contributed by atoms with Gasteiger partial charge in [0.05, 0.1) is 12.7 Å². The van der Waals surface area contributed by atoms with Crippen molar-refractivity contribution < 1.29 is 4.74 Å². The van der Waals surface area contributed by atoms with Gasteiger partial charge in [0.1, 0.15) is 0 Å². The van der Waals surface area contributed by atoms with E-state index in [-0.39, 0.29) is 0 Å². The lowest BCUT2D eigenvalue weighted by Crippen LogP contribution is -2.09. The third-order valence-corrected chi connectivity index (χ3v) is 1.86. The fourth-order valence-electron chi connectivity index (χ4n) is 1.21. The Balaban J connectivity index is 2.31. The van der Waals surface area contributed by atoms with Crippen molar-refractivity contribution in [1.29, 1.82) is 0 Å². The minimum atomic E-state index is 0.638. The first-order chi connectivity index (χ1) is 6.36. The molecule has 0 radical (unpaired) electrons. The molecule has 0 aromatic carbocycles. The third-order valence-electron chi connectivity index (χ3n) is 1.86. The molecule has 1 aromatic heterocycles. The van der Waals surface area contributed by atoms with E-state index in [1.165, 1.54) is 5.56 Å². The zero-order valence-electron chi connectivity index (χ0n) is 8.07. The summed E-state index contributed by atoms with van der Waals surface area (Å²) >= 11 is 0. The van der Waals surface area contributed by atoms with E-state index < -0.39 is 0 Å². The summed E-state index contributed by atoms with van der Waals surface area (Å²) in [4.78, 5) is 0. The first kappa shape index (κ1) is 10.2. The van der Waals surface area contributed by atoms with Gasteiger partial charge in [0.25, 0.3) is 0 Å². The van der Waals surface area contributed by atoms with Crippen molar-refractivity contribution in [3.05, 3.63) is 18.0 Å². The number of methoxy groups -OCH3 is 1. The smallest absolute Gasteiger partial charge is 0.0531 e. The van der Waals surface area contributed by atoms with Gasteiger partial charge in [-0.2, -0.15) is 5.10 Å². The zero-order chi connectivity index (χ0) is 9.52. The van der Waals surface area contributed by atoms with Crippen LogP contribution in [-0.2, 0) is 17.7 Å². The van der Waals surface area contributed by atoms with Gasteiger partial charge in [-0.05, 0) is 18.4 Å². The lowest BCUT2D eigenvalue weighted by Gasteiger charge is -1.96. The van der Waals surface area contributed by atoms with E-state index in [4.69, 9.17) is 10.5 Å². The Hall–Kier alpha value is -0.870. The van der Waals surface area contributed by atoms with Gasteiger partial charge in [-0.15, -0.1) is 0 Å². The largest absolute Gasteiger partial charge is 0.385 e. The summed E-state index contributed by atoms with van der Waals surface area (Å²) in [6.45, 7) is 2.24. The molecule has 0 atom stereocenters. The molecule has 4 heteroatoms. The first-order valence-electron chi connectivity index (χ1n) is 4.57. The summed E-state index contributed by atoms with van der Waals surface area (Å²) in [5.74, 6) is 0. The van der Waals surface area contributed by atoms with Crippen LogP contribution in [0.1, 0.15) is 12.0 Å². The number of aryl methyl sites for hydroxylation is 1. The van der Waals surface area contributed by atoms with Crippen molar-refractivity contribution in [2.75, 3.05) is 20.3 Å². The van der Waals surface area contributed by atoms with E-state index >= 15 is 0 Å². The number of rotatable bonds is 6. The summed E-state index contributed by atoms with van der Waals surface area (Å²) < 4.78 is 6.85. The van der Waals surface area contributed by atoms with Crippen LogP contribution in [0.25, 0.3) is 0 Å². The highest BCUT2D eigenvalue weighted by molar-refractivity contribution is 5.03. The van der Waals surface area contributed by atoms with Gasteiger partial charge in [-0.1, -0.05) is 0 Å². The minimum absolute atomic E-state index is 0.638. The lowest BCUT2D eigenvalue weighted by molar-refractivity contribution is 0.195. The van der Waals surface area contributed by atoms with Crippen LogP contribution in [0.3, 0.4) is 0 Å². The molecule has 1 aromatic rings. The van der Waals surface area contributed by atoms with Gasteiger partial charge in [0.2, 0.25) is 0 Å². The molecule has 0 saturated carbocycles. The Morgan fingerprint density at radius 3 is 3.15 bits per heavy atom. The topological polar surface area (TPSA) is 53.1 Å². The standard InChI is InChI=1S/C9H17N3O/c1-13-6-2-3-9-7-11-12(8-9)5-4-10/h7-8H,2-6,10H2,1H3. The molecule has 0 unspecified atom stereocenters. The Kier molecular flexibility index (Phi) is 4.49. The Labute approximate surface area is 78.7 Å². The summed E-state index contributed by atoms with van der Waals surface area (Å²) in [5.41, 5.74) is 6.67. The van der Waals surface area contributed by atoms with Crippen LogP contribution in [0.5, 0.6) is 0 Å². The second kappa shape index (κ2) is 5.72. The van der Waals surface area contributed by atoms with Crippen molar-refractivity contribution in [3.63, 3.8) is 0 Å². The maximum Gasteiger partial charge on any atom is 0.0531 e. The van der Waals surface area contributed by atoms with E-state index in [1.807, 2.05) is 17.1 Å². The zero-order valence-corrected chi connectivity index (χ0v) is 8.07. The second-order valence-corrected chi connectivity index (χ2v) is 3.00. The molecular formula is C9H17N3O. The van der Waals surface area contributed by atoms with Crippen LogP contribution in [0.15, 0.2) is 12.4 Å². The van der Waals surface area contributed by atoms with Crippen molar-refractivity contribution >= 4 is 0 Å². The van der Waals surface area contributed by atoms with Crippen LogP contribution in [0.4, 0.5) is 0 Å². The maximum absolute atomic E-state index is 5.41. The average molecular weight is 183 g/mol. The van der Waals surface area contributed by atoms with Gasteiger partial charge in [-0.3, -0.25) is 4.68 Å². The van der Waals surface area contributed by atoms with E-state index in [0.29, 0.717) is 6.54 Å². The average Bonchev–Trinajstić information content (AvgIpc) is 2.54. The minimum Gasteiger partial charge on any atom is -0.385 e. The molecule has 1 rings (SSSR count). The normalized spacial score (nSPS) is 10.6. The molecule has 0 fully saturated rings. The molecule has 2 N–H and O–H groups in total. The monoisotopic (exact) mass is 183 g/mol. The highest BCUT2D eigenvalue weighted by atomic mass is 16.5. The number of nitrogens with two attached hydrogens (primary N) is 1. The third kappa shape index (κ3) is 3.57. The maximum atomic E-state index is 5.41. The molecule has 4 nitrogen and oxygen atoms in total. The van der Waals surface area contributed by atoms with Crippen molar-refractivity contribution in [3.8, 4) is 0 Å². The molecule has 0 spiro atoms. The number of hydrogen-bond acceptors (Lipinski definition) is 3. The molecular weight excluding hydrogens is 166 g/mol. The van der Waals surface area contributed by atoms with Crippen LogP contribution in [-0.4, -0.2) is 30.0 Å². The molecule has 0 amide bonds. The van der Waals surface area contributed by atoms with E-state index in [1.54, 1.807) is 7.11 Å². The van der Waals surface area contributed by atoms with Crippen molar-refractivity contribution in [2.24, 2.45) is 5.73 Å². The van der Waals surface area contributed by atoms with Crippen LogP contribution >= 0.6 is 0 Å². The molecule has 74 valence electrons. The predicted molar refractivity (Wildman–Crippen MR) is 51.5 cm³/mol. The van der Waals surface area contributed by atoms with Crippen LogP contribution in [0.2, 0.25) is 0 Å². The quantitative estimate of drug-likeness (QED) is 0.650. The van der Waals surface area contributed by atoms with Gasteiger partial charge in [0, 0.05) is 26.5 Å². The Bertz CT molecular complexity index is 235. The Morgan fingerprint density at radius 1 is 1.62 bits per heavy atom. The predicted octanol–water partition coefficient (Wildman–Crippen LogP) is 0.421. The van der Waals surface area contributed by atoms with Gasteiger partial charge >= 0.3 is 0 Å². The summed E-state index contributed by atoms with van der Waals surface area (Å²) in [6, 6.07) is 0. The fraction of sp³-hybridized carbons (Fsp3) is 0.667. The van der Waals surface area contributed by atoms with Crippen molar-refractivity contribution in [2.45, 2.75) is 19.4 Å². The highest BCUT2D eigenvalue weighted by Crippen LogP contribution is 2.01. The van der Waals surface area contributed by atoms with Crippen molar-refractivity contribution in [1.82, 2.24) is 9.78 Å². The number of ether oxygens (including phenoxy) is 1. The van der Waals surface area contributed by atoms with E-state index in [2.05, 4.69) is 5.10 Å². The number of aromatic nitrogens is 2. The highest BCUT2D eigenvalue weighted by Gasteiger charge is 1.97. The molecule has 0 saturated heterocycles. The van der Waals surface area contributed by atoms with Crippen LogP contribution in [0, 0.1) is 0 Å². The SMILES string of the molecule is COCCCc1cnn(CCN)c1. The number of hydrogen-bond donors (Lipinski definition) is 1. The van der Waals surface area contributed by atoms with Gasteiger partial charge in [0.15, 0.2) is 0 Å². The summed E-state index contributed by atoms with van der Waals surface area (Å²) in [7, 11) is 1.72. The van der Waals surface area contributed by atoms with Gasteiger partial charge < -0.3 is 10.5 Å². The van der Waals surface area contributed by atoms with E-state index in [9.17, 15) is 0 Å². The molecule has 13 heavy (non-hydrogen) atoms. The molecule has 0 aliphatic heterocycles. The Morgan fingerprint density at radius 2 is 2.46 bits per heavy atom. The van der Waals surface area contributed by atoms with Crippen LogP contribution < -0.4 is 5.73 Å². The molecule has 0 bridgehead atoms. The first-order valence-corrected chi connectivity index (χ1v) is 4.57. The molecule has 0 aliphatic carbocycles. The number of nitrogens with zero attached hydrogens (tertiary/aromatic N) is 2. The van der Waals surface area contributed by atoms with E-state index in [0.717, 1.165) is 26.0 Å². The van der Waals surface area contributed by atoms with Gasteiger partial charge in [-0.25, -0.2) is 0 Å². The fourth-order valence-corrected chi connectivity index (χ4v) is 1.21.